The number of hydrogen-bond acceptors (Lipinski definition) is 5. The molecule has 112 valence electrons. The number of anilines is 1. The lowest BCUT2D eigenvalue weighted by Gasteiger charge is -1.98. The van der Waals surface area contributed by atoms with E-state index < -0.39 is 17.6 Å². The fourth-order valence-corrected chi connectivity index (χ4v) is 1.84. The van der Waals surface area contributed by atoms with Gasteiger partial charge in [-0.25, -0.2) is 4.79 Å². The number of carboxylic acids is 1. The van der Waals surface area contributed by atoms with Gasteiger partial charge >= 0.3 is 5.97 Å². The van der Waals surface area contributed by atoms with Crippen LogP contribution in [-0.4, -0.2) is 32.9 Å². The van der Waals surface area contributed by atoms with Gasteiger partial charge in [0.2, 0.25) is 0 Å². The summed E-state index contributed by atoms with van der Waals surface area (Å²) in [4.78, 5) is 22.4. The summed E-state index contributed by atoms with van der Waals surface area (Å²) in [7, 11) is 0. The van der Waals surface area contributed by atoms with Crippen molar-refractivity contribution in [3.8, 4) is 0 Å². The van der Waals surface area contributed by atoms with Gasteiger partial charge in [-0.3, -0.25) is 9.89 Å². The molecular formula is C11H9F2N3O4S. The first-order chi connectivity index (χ1) is 9.95. The van der Waals surface area contributed by atoms with E-state index in [0.717, 1.165) is 6.07 Å². The number of rotatable bonds is 6. The first-order valence-corrected chi connectivity index (χ1v) is 6.59. The van der Waals surface area contributed by atoms with E-state index >= 15 is 0 Å². The predicted molar refractivity (Wildman–Crippen MR) is 69.5 cm³/mol. The summed E-state index contributed by atoms with van der Waals surface area (Å²) in [6.07, 6.45) is 0. The molecule has 0 saturated heterocycles. The number of nitrogens with zero attached hydrogens (tertiary/aromatic N) is 1. The molecule has 2 heterocycles. The van der Waals surface area contributed by atoms with Crippen molar-refractivity contribution in [2.75, 3.05) is 5.32 Å². The summed E-state index contributed by atoms with van der Waals surface area (Å²) >= 11 is 0.379. The van der Waals surface area contributed by atoms with Gasteiger partial charge in [0.1, 0.15) is 11.5 Å². The molecule has 2 aromatic heterocycles. The summed E-state index contributed by atoms with van der Waals surface area (Å²) in [5.74, 6) is -4.29. The molecular weight excluding hydrogens is 308 g/mol. The van der Waals surface area contributed by atoms with Gasteiger partial charge in [-0.2, -0.15) is 13.9 Å². The number of alkyl halides is 2. The minimum absolute atomic E-state index is 0.0114. The minimum Gasteiger partial charge on any atom is -0.477 e. The highest BCUT2D eigenvalue weighted by Gasteiger charge is 2.15. The van der Waals surface area contributed by atoms with Crippen LogP contribution in [0.1, 0.15) is 26.8 Å². The van der Waals surface area contributed by atoms with Gasteiger partial charge in [-0.05, 0) is 12.1 Å². The highest BCUT2D eigenvalue weighted by molar-refractivity contribution is 7.98. The van der Waals surface area contributed by atoms with Gasteiger partial charge in [0.15, 0.2) is 11.6 Å². The zero-order valence-corrected chi connectivity index (χ0v) is 11.1. The van der Waals surface area contributed by atoms with E-state index in [2.05, 4.69) is 15.5 Å². The molecule has 10 heteroatoms. The summed E-state index contributed by atoms with van der Waals surface area (Å²) in [6.45, 7) is 0. The fourth-order valence-electron chi connectivity index (χ4n) is 1.40. The Morgan fingerprint density at radius 2 is 2.24 bits per heavy atom. The Bertz CT molecular complexity index is 655. The number of aromatic amines is 1. The minimum atomic E-state index is -2.52. The number of furan rings is 1. The highest BCUT2D eigenvalue weighted by atomic mass is 32.2. The second-order valence-electron chi connectivity index (χ2n) is 3.76. The summed E-state index contributed by atoms with van der Waals surface area (Å²) in [5, 5.41) is 16.8. The third-order valence-electron chi connectivity index (χ3n) is 2.29. The van der Waals surface area contributed by atoms with E-state index in [9.17, 15) is 18.4 Å². The van der Waals surface area contributed by atoms with Gasteiger partial charge in [0.05, 0.1) is 5.75 Å². The molecule has 0 atom stereocenters. The predicted octanol–water partition coefficient (Wildman–Crippen LogP) is 2.41. The molecule has 0 bridgehead atoms. The van der Waals surface area contributed by atoms with E-state index in [4.69, 9.17) is 9.52 Å². The van der Waals surface area contributed by atoms with Crippen molar-refractivity contribution in [2.45, 2.75) is 11.5 Å². The van der Waals surface area contributed by atoms with Crippen LogP contribution in [0.2, 0.25) is 0 Å². The number of hydrogen-bond donors (Lipinski definition) is 3. The average molecular weight is 317 g/mol. The maximum Gasteiger partial charge on any atom is 0.353 e. The van der Waals surface area contributed by atoms with E-state index in [1.165, 1.54) is 12.1 Å². The number of aromatic nitrogens is 2. The van der Waals surface area contributed by atoms with Crippen LogP contribution >= 0.6 is 11.8 Å². The van der Waals surface area contributed by atoms with Gasteiger partial charge in [-0.15, -0.1) is 0 Å². The number of amides is 1. The molecule has 0 spiro atoms. The van der Waals surface area contributed by atoms with Crippen molar-refractivity contribution in [3.63, 3.8) is 0 Å². The summed E-state index contributed by atoms with van der Waals surface area (Å²) in [6, 6.07) is 3.88. The second-order valence-corrected chi connectivity index (χ2v) is 4.74. The average Bonchev–Trinajstić information content (AvgIpc) is 3.04. The van der Waals surface area contributed by atoms with Crippen LogP contribution in [0.3, 0.4) is 0 Å². The van der Waals surface area contributed by atoms with E-state index in [-0.39, 0.29) is 28.8 Å². The van der Waals surface area contributed by atoms with Gasteiger partial charge in [0, 0.05) is 6.07 Å². The van der Waals surface area contributed by atoms with Crippen LogP contribution in [0, 0.1) is 0 Å². The summed E-state index contributed by atoms with van der Waals surface area (Å²) in [5.41, 5.74) is -0.182. The topological polar surface area (TPSA) is 108 Å². The number of carbonyl (C=O) groups is 2. The molecule has 0 unspecified atom stereocenters. The maximum absolute atomic E-state index is 12.0. The lowest BCUT2D eigenvalue weighted by molar-refractivity contribution is 0.0690. The molecule has 2 rings (SSSR count). The van der Waals surface area contributed by atoms with Crippen LogP contribution in [-0.2, 0) is 5.75 Å². The maximum atomic E-state index is 12.0. The smallest absolute Gasteiger partial charge is 0.353 e. The lowest BCUT2D eigenvalue weighted by atomic mass is 10.4. The van der Waals surface area contributed by atoms with E-state index in [0.29, 0.717) is 11.8 Å². The number of aromatic carboxylic acids is 1. The number of carbonyl (C=O) groups excluding carboxylic acids is 1. The first kappa shape index (κ1) is 15.0. The molecule has 7 nitrogen and oxygen atoms in total. The molecule has 0 aliphatic rings. The lowest BCUT2D eigenvalue weighted by Crippen LogP contribution is -2.11. The third-order valence-corrected chi connectivity index (χ3v) is 2.99. The molecule has 0 saturated carbocycles. The molecule has 0 aliphatic heterocycles. The van der Waals surface area contributed by atoms with E-state index in [1.807, 2.05) is 0 Å². The summed E-state index contributed by atoms with van der Waals surface area (Å²) < 4.78 is 29.1. The number of H-pyrrole nitrogens is 1. The van der Waals surface area contributed by atoms with Crippen LogP contribution in [0.4, 0.5) is 14.6 Å². The standard InChI is InChI=1S/C11H9F2N3O4S/c12-11(13)21-4-5-1-2-7(20-5)9(17)14-8-3-6(10(18)19)15-16-8/h1-3,11H,4H2,(H,18,19)(H2,14,15,16,17). The molecule has 0 fully saturated rings. The van der Waals surface area contributed by atoms with Gasteiger partial charge in [-0.1, -0.05) is 11.8 Å². The molecule has 1 amide bonds. The third kappa shape index (κ3) is 4.05. The monoisotopic (exact) mass is 317 g/mol. The normalized spacial score (nSPS) is 10.8. The van der Waals surface area contributed by atoms with Crippen molar-refractivity contribution in [3.05, 3.63) is 35.4 Å². The Labute approximate surface area is 120 Å². The van der Waals surface area contributed by atoms with Crippen molar-refractivity contribution >= 4 is 29.5 Å². The first-order valence-electron chi connectivity index (χ1n) is 5.54. The Morgan fingerprint density at radius 1 is 1.48 bits per heavy atom. The Hall–Kier alpha value is -2.36. The van der Waals surface area contributed by atoms with Crippen molar-refractivity contribution in [1.82, 2.24) is 10.2 Å². The SMILES string of the molecule is O=C(O)c1cc(NC(=O)c2ccc(CSC(F)F)o2)n[nH]1. The Balaban J connectivity index is 1.98. The number of halogens is 2. The zero-order chi connectivity index (χ0) is 15.4. The molecule has 21 heavy (non-hydrogen) atoms. The number of nitrogens with one attached hydrogen (secondary N) is 2. The molecule has 3 N–H and O–H groups in total. The Kier molecular flexibility index (Phi) is 4.58. The molecule has 0 aliphatic carbocycles. The molecule has 0 aromatic carbocycles. The van der Waals surface area contributed by atoms with Crippen LogP contribution < -0.4 is 5.32 Å². The number of thioether (sulfide) groups is 1. The van der Waals surface area contributed by atoms with Gasteiger partial charge in [0.25, 0.3) is 11.7 Å². The zero-order valence-electron chi connectivity index (χ0n) is 10.3. The second kappa shape index (κ2) is 6.39. The fraction of sp³-hybridized carbons (Fsp3) is 0.182. The molecule has 0 radical (unpaired) electrons. The van der Waals surface area contributed by atoms with Crippen LogP contribution in [0.15, 0.2) is 22.6 Å². The number of carboxylic acid groups (broad SMARTS) is 1. The quantitative estimate of drug-likeness (QED) is 0.755. The van der Waals surface area contributed by atoms with Crippen molar-refractivity contribution in [2.24, 2.45) is 0 Å². The van der Waals surface area contributed by atoms with Crippen LogP contribution in [0.25, 0.3) is 0 Å². The Morgan fingerprint density at radius 3 is 2.86 bits per heavy atom. The van der Waals surface area contributed by atoms with Crippen LogP contribution in [0.5, 0.6) is 0 Å². The highest BCUT2D eigenvalue weighted by Crippen LogP contribution is 2.21. The van der Waals surface area contributed by atoms with Gasteiger partial charge < -0.3 is 14.8 Å². The molecule has 2 aromatic rings. The van der Waals surface area contributed by atoms with Crippen molar-refractivity contribution in [1.29, 1.82) is 0 Å². The largest absolute Gasteiger partial charge is 0.477 e. The van der Waals surface area contributed by atoms with Crippen molar-refractivity contribution < 1.29 is 27.9 Å². The van der Waals surface area contributed by atoms with E-state index in [1.54, 1.807) is 0 Å².